The maximum Gasteiger partial charge on any atom is 0.166 e. The smallest absolute Gasteiger partial charge is 0.166 e. The predicted octanol–water partition coefficient (Wildman–Crippen LogP) is 3.82. The summed E-state index contributed by atoms with van der Waals surface area (Å²) in [5.74, 6) is -0.677. The van der Waals surface area contributed by atoms with Crippen molar-refractivity contribution in [3.8, 4) is 0 Å². The molecule has 1 unspecified atom stereocenters. The second-order valence-electron chi connectivity index (χ2n) is 5.78. The number of benzene rings is 1. The second kappa shape index (κ2) is 5.81. The third kappa shape index (κ3) is 4.75. The SMILES string of the molecule is CC(C)(C)CC(N)CC(=O)c1cc(F)ccc1Cl. The van der Waals surface area contributed by atoms with Gasteiger partial charge in [-0.05, 0) is 30.0 Å². The van der Waals surface area contributed by atoms with Crippen molar-refractivity contribution in [1.82, 2.24) is 0 Å². The summed E-state index contributed by atoms with van der Waals surface area (Å²) in [6, 6.07) is 3.54. The molecular formula is C14H19ClFNO. The van der Waals surface area contributed by atoms with Crippen LogP contribution >= 0.6 is 11.6 Å². The van der Waals surface area contributed by atoms with Gasteiger partial charge in [-0.25, -0.2) is 4.39 Å². The van der Waals surface area contributed by atoms with Crippen LogP contribution in [-0.2, 0) is 0 Å². The largest absolute Gasteiger partial charge is 0.327 e. The summed E-state index contributed by atoms with van der Waals surface area (Å²) in [5.41, 5.74) is 6.20. The molecule has 0 fully saturated rings. The average molecular weight is 272 g/mol. The van der Waals surface area contributed by atoms with Crippen molar-refractivity contribution in [2.75, 3.05) is 0 Å². The van der Waals surface area contributed by atoms with Gasteiger partial charge in [-0.3, -0.25) is 4.79 Å². The Kier molecular flexibility index (Phi) is 4.88. The molecule has 18 heavy (non-hydrogen) atoms. The van der Waals surface area contributed by atoms with Crippen LogP contribution in [0.3, 0.4) is 0 Å². The molecule has 4 heteroatoms. The fourth-order valence-electron chi connectivity index (χ4n) is 1.92. The first-order chi connectivity index (χ1) is 8.19. The Morgan fingerprint density at radius 1 is 1.44 bits per heavy atom. The summed E-state index contributed by atoms with van der Waals surface area (Å²) in [4.78, 5) is 12.0. The molecular weight excluding hydrogens is 253 g/mol. The highest BCUT2D eigenvalue weighted by Gasteiger charge is 2.20. The Balaban J connectivity index is 2.74. The first-order valence-electron chi connectivity index (χ1n) is 5.93. The molecule has 0 spiro atoms. The van der Waals surface area contributed by atoms with Crippen LogP contribution in [0.5, 0.6) is 0 Å². The zero-order chi connectivity index (χ0) is 13.9. The van der Waals surface area contributed by atoms with Gasteiger partial charge in [0.2, 0.25) is 0 Å². The van der Waals surface area contributed by atoms with E-state index >= 15 is 0 Å². The van der Waals surface area contributed by atoms with Crippen molar-refractivity contribution < 1.29 is 9.18 Å². The standard InChI is InChI=1S/C14H19ClFNO/c1-14(2,3)8-10(17)7-13(18)11-6-9(16)4-5-12(11)15/h4-6,10H,7-8,17H2,1-3H3. The molecule has 0 heterocycles. The molecule has 2 nitrogen and oxygen atoms in total. The van der Waals surface area contributed by atoms with Gasteiger partial charge < -0.3 is 5.73 Å². The maximum absolute atomic E-state index is 13.1. The van der Waals surface area contributed by atoms with E-state index in [1.165, 1.54) is 12.1 Å². The molecule has 1 atom stereocenters. The number of hydrogen-bond acceptors (Lipinski definition) is 2. The monoisotopic (exact) mass is 271 g/mol. The van der Waals surface area contributed by atoms with Crippen LogP contribution in [-0.4, -0.2) is 11.8 Å². The van der Waals surface area contributed by atoms with Gasteiger partial charge in [0.25, 0.3) is 0 Å². The maximum atomic E-state index is 13.1. The van der Waals surface area contributed by atoms with Crippen molar-refractivity contribution >= 4 is 17.4 Å². The van der Waals surface area contributed by atoms with Crippen LogP contribution in [0.15, 0.2) is 18.2 Å². The predicted molar refractivity (Wildman–Crippen MR) is 72.4 cm³/mol. The van der Waals surface area contributed by atoms with Crippen LogP contribution in [0, 0.1) is 11.2 Å². The van der Waals surface area contributed by atoms with E-state index in [2.05, 4.69) is 20.8 Å². The van der Waals surface area contributed by atoms with E-state index in [1.807, 2.05) is 0 Å². The lowest BCUT2D eigenvalue weighted by atomic mass is 9.86. The van der Waals surface area contributed by atoms with E-state index < -0.39 is 5.82 Å². The molecule has 1 aromatic rings. The van der Waals surface area contributed by atoms with Crippen molar-refractivity contribution in [2.45, 2.75) is 39.7 Å². The number of carbonyl (C=O) groups is 1. The van der Waals surface area contributed by atoms with Crippen LogP contribution < -0.4 is 5.73 Å². The quantitative estimate of drug-likeness (QED) is 0.846. The number of nitrogens with two attached hydrogens (primary N) is 1. The molecule has 0 radical (unpaired) electrons. The van der Waals surface area contributed by atoms with Crippen molar-refractivity contribution in [2.24, 2.45) is 11.1 Å². The summed E-state index contributed by atoms with van der Waals surface area (Å²) in [5, 5.41) is 0.268. The topological polar surface area (TPSA) is 43.1 Å². The third-order valence-corrected chi connectivity index (χ3v) is 2.88. The number of rotatable bonds is 4. The lowest BCUT2D eigenvalue weighted by molar-refractivity contribution is 0.0968. The van der Waals surface area contributed by atoms with E-state index in [0.29, 0.717) is 0 Å². The first kappa shape index (κ1) is 15.1. The van der Waals surface area contributed by atoms with Gasteiger partial charge >= 0.3 is 0 Å². The van der Waals surface area contributed by atoms with Gasteiger partial charge in [0, 0.05) is 18.0 Å². The van der Waals surface area contributed by atoms with E-state index in [-0.39, 0.29) is 34.2 Å². The van der Waals surface area contributed by atoms with E-state index in [0.717, 1.165) is 12.5 Å². The van der Waals surface area contributed by atoms with Crippen LogP contribution in [0.1, 0.15) is 44.0 Å². The van der Waals surface area contributed by atoms with Crippen LogP contribution in [0.2, 0.25) is 5.02 Å². The number of halogens is 2. The molecule has 100 valence electrons. The minimum atomic E-state index is -0.466. The highest BCUT2D eigenvalue weighted by molar-refractivity contribution is 6.33. The number of ketones is 1. The van der Waals surface area contributed by atoms with Gasteiger partial charge in [0.1, 0.15) is 5.82 Å². The van der Waals surface area contributed by atoms with E-state index in [9.17, 15) is 9.18 Å². The van der Waals surface area contributed by atoms with Gasteiger partial charge in [0.05, 0.1) is 5.02 Å². The molecule has 0 saturated heterocycles. The molecule has 0 saturated carbocycles. The van der Waals surface area contributed by atoms with Crippen LogP contribution in [0.25, 0.3) is 0 Å². The van der Waals surface area contributed by atoms with Crippen molar-refractivity contribution in [3.63, 3.8) is 0 Å². The van der Waals surface area contributed by atoms with Gasteiger partial charge in [0.15, 0.2) is 5.78 Å². The highest BCUT2D eigenvalue weighted by Crippen LogP contribution is 2.24. The Hall–Kier alpha value is -0.930. The van der Waals surface area contributed by atoms with Crippen molar-refractivity contribution in [3.05, 3.63) is 34.6 Å². The Bertz CT molecular complexity index is 440. The third-order valence-electron chi connectivity index (χ3n) is 2.55. The van der Waals surface area contributed by atoms with Gasteiger partial charge in [-0.15, -0.1) is 0 Å². The minimum Gasteiger partial charge on any atom is -0.327 e. The summed E-state index contributed by atoms with van der Waals surface area (Å²) < 4.78 is 13.1. The minimum absolute atomic E-state index is 0.0609. The van der Waals surface area contributed by atoms with Gasteiger partial charge in [-0.1, -0.05) is 32.4 Å². The van der Waals surface area contributed by atoms with Crippen LogP contribution in [0.4, 0.5) is 4.39 Å². The molecule has 0 amide bonds. The summed E-state index contributed by atoms with van der Waals surface area (Å²) in [6.45, 7) is 6.19. The zero-order valence-corrected chi connectivity index (χ0v) is 11.7. The zero-order valence-electron chi connectivity index (χ0n) is 11.0. The Morgan fingerprint density at radius 3 is 2.61 bits per heavy atom. The highest BCUT2D eigenvalue weighted by atomic mass is 35.5. The lowest BCUT2D eigenvalue weighted by Gasteiger charge is -2.22. The van der Waals surface area contributed by atoms with Gasteiger partial charge in [-0.2, -0.15) is 0 Å². The molecule has 0 aliphatic carbocycles. The number of hydrogen-bond donors (Lipinski definition) is 1. The lowest BCUT2D eigenvalue weighted by Crippen LogP contribution is -2.29. The Labute approximate surface area is 112 Å². The molecule has 0 aromatic heterocycles. The van der Waals surface area contributed by atoms with Crippen molar-refractivity contribution in [1.29, 1.82) is 0 Å². The average Bonchev–Trinajstić information content (AvgIpc) is 2.18. The normalized spacial score (nSPS) is 13.4. The second-order valence-corrected chi connectivity index (χ2v) is 6.18. The summed E-state index contributed by atoms with van der Waals surface area (Å²) in [7, 11) is 0. The number of carbonyl (C=O) groups excluding carboxylic acids is 1. The summed E-state index contributed by atoms with van der Waals surface area (Å²) >= 11 is 5.88. The molecule has 1 aromatic carbocycles. The Morgan fingerprint density at radius 2 is 2.06 bits per heavy atom. The molecule has 0 aliphatic heterocycles. The summed E-state index contributed by atoms with van der Waals surface area (Å²) in [6.07, 6.45) is 0.909. The first-order valence-corrected chi connectivity index (χ1v) is 6.31. The fraction of sp³-hybridized carbons (Fsp3) is 0.500. The van der Waals surface area contributed by atoms with E-state index in [1.54, 1.807) is 0 Å². The molecule has 0 aliphatic rings. The molecule has 2 N–H and O–H groups in total. The fourth-order valence-corrected chi connectivity index (χ4v) is 2.14. The molecule has 0 bridgehead atoms. The van der Waals surface area contributed by atoms with E-state index in [4.69, 9.17) is 17.3 Å². The molecule has 1 rings (SSSR count). The number of Topliss-reactive ketones (excluding diaryl/α,β-unsaturated/α-hetero) is 1.